The summed E-state index contributed by atoms with van der Waals surface area (Å²) in [5.41, 5.74) is 0.718. The number of carbonyl (C=O) groups excluding carboxylic acids is 1. The van der Waals surface area contributed by atoms with E-state index >= 15 is 0 Å². The molecule has 1 saturated carbocycles. The van der Waals surface area contributed by atoms with Crippen molar-refractivity contribution in [2.24, 2.45) is 5.92 Å². The van der Waals surface area contributed by atoms with Gasteiger partial charge in [0, 0.05) is 38.4 Å². The SMILES string of the molecule is CC(C)N1CCN(CC2CC2)CC1c1nnc2ccc(C(=O)NCC(F)(F)F)cn12. The Balaban J connectivity index is 1.60. The van der Waals surface area contributed by atoms with Crippen molar-refractivity contribution in [3.63, 3.8) is 0 Å². The minimum absolute atomic E-state index is 0.000913. The van der Waals surface area contributed by atoms with E-state index in [9.17, 15) is 18.0 Å². The minimum atomic E-state index is -4.45. The first-order valence-electron chi connectivity index (χ1n) is 10.4. The molecule has 10 heteroatoms. The van der Waals surface area contributed by atoms with E-state index in [1.54, 1.807) is 10.5 Å². The molecule has 4 rings (SSSR count). The van der Waals surface area contributed by atoms with Crippen LogP contribution in [0.2, 0.25) is 0 Å². The smallest absolute Gasteiger partial charge is 0.343 e. The topological polar surface area (TPSA) is 65.8 Å². The second-order valence-electron chi connectivity index (χ2n) is 8.55. The molecule has 1 amide bonds. The van der Waals surface area contributed by atoms with Gasteiger partial charge >= 0.3 is 6.18 Å². The zero-order valence-corrected chi connectivity index (χ0v) is 17.2. The molecule has 1 aliphatic heterocycles. The van der Waals surface area contributed by atoms with Gasteiger partial charge in [-0.2, -0.15) is 13.2 Å². The predicted molar refractivity (Wildman–Crippen MR) is 105 cm³/mol. The molecule has 0 spiro atoms. The molecule has 2 aliphatic rings. The molecule has 1 atom stereocenters. The molecule has 2 fully saturated rings. The number of rotatable bonds is 6. The number of pyridine rings is 1. The number of amides is 1. The molecular formula is C20H27F3N6O. The van der Waals surface area contributed by atoms with Crippen LogP contribution in [0.25, 0.3) is 5.65 Å². The number of carbonyl (C=O) groups is 1. The molecule has 3 heterocycles. The summed E-state index contributed by atoms with van der Waals surface area (Å²) in [6.45, 7) is 6.75. The summed E-state index contributed by atoms with van der Waals surface area (Å²) < 4.78 is 39.1. The number of aromatic nitrogens is 3. The zero-order chi connectivity index (χ0) is 21.5. The van der Waals surface area contributed by atoms with Crippen LogP contribution in [0, 0.1) is 5.92 Å². The third-order valence-corrected chi connectivity index (χ3v) is 5.82. The van der Waals surface area contributed by atoms with Gasteiger partial charge in [0.25, 0.3) is 5.91 Å². The fraction of sp³-hybridized carbons (Fsp3) is 0.650. The van der Waals surface area contributed by atoms with Crippen LogP contribution in [0.3, 0.4) is 0 Å². The van der Waals surface area contributed by atoms with E-state index in [1.165, 1.54) is 25.1 Å². The Kier molecular flexibility index (Phi) is 5.71. The highest BCUT2D eigenvalue weighted by Crippen LogP contribution is 2.33. The fourth-order valence-corrected chi connectivity index (χ4v) is 4.09. The van der Waals surface area contributed by atoms with Gasteiger partial charge in [0.1, 0.15) is 6.54 Å². The highest BCUT2D eigenvalue weighted by atomic mass is 19.4. The Morgan fingerprint density at radius 2 is 2.00 bits per heavy atom. The number of halogens is 3. The molecule has 2 aromatic rings. The van der Waals surface area contributed by atoms with Crippen LogP contribution in [0.4, 0.5) is 13.2 Å². The van der Waals surface area contributed by atoms with Crippen molar-refractivity contribution in [3.8, 4) is 0 Å². The van der Waals surface area contributed by atoms with E-state index < -0.39 is 18.6 Å². The summed E-state index contributed by atoms with van der Waals surface area (Å²) in [6, 6.07) is 3.40. The molecule has 30 heavy (non-hydrogen) atoms. The van der Waals surface area contributed by atoms with Crippen molar-refractivity contribution in [2.75, 3.05) is 32.7 Å². The van der Waals surface area contributed by atoms with Gasteiger partial charge in [0.15, 0.2) is 11.5 Å². The van der Waals surface area contributed by atoms with Gasteiger partial charge in [-0.3, -0.25) is 19.0 Å². The second-order valence-corrected chi connectivity index (χ2v) is 8.55. The Hall–Kier alpha value is -2.20. The number of alkyl halides is 3. The summed E-state index contributed by atoms with van der Waals surface area (Å²) in [5.74, 6) is 0.730. The summed E-state index contributed by atoms with van der Waals surface area (Å²) in [5, 5.41) is 10.5. The van der Waals surface area contributed by atoms with Crippen LogP contribution in [-0.2, 0) is 0 Å². The molecule has 7 nitrogen and oxygen atoms in total. The van der Waals surface area contributed by atoms with E-state index in [4.69, 9.17) is 0 Å². The number of piperazine rings is 1. The maximum absolute atomic E-state index is 12.4. The Morgan fingerprint density at radius 3 is 2.67 bits per heavy atom. The Bertz CT molecular complexity index is 908. The summed E-state index contributed by atoms with van der Waals surface area (Å²) in [4.78, 5) is 17.0. The van der Waals surface area contributed by atoms with Gasteiger partial charge in [-0.25, -0.2) is 0 Å². The van der Waals surface area contributed by atoms with Gasteiger partial charge in [-0.1, -0.05) is 0 Å². The molecule has 1 saturated heterocycles. The lowest BCUT2D eigenvalue weighted by atomic mass is 10.1. The molecule has 2 aromatic heterocycles. The number of nitrogens with zero attached hydrogens (tertiary/aromatic N) is 5. The summed E-state index contributed by atoms with van der Waals surface area (Å²) >= 11 is 0. The Labute approximate surface area is 173 Å². The lowest BCUT2D eigenvalue weighted by Gasteiger charge is -2.42. The molecule has 0 radical (unpaired) electrons. The number of hydrogen-bond donors (Lipinski definition) is 1. The molecule has 0 aromatic carbocycles. The van der Waals surface area contributed by atoms with Gasteiger partial charge < -0.3 is 5.32 Å². The Morgan fingerprint density at radius 1 is 1.23 bits per heavy atom. The zero-order valence-electron chi connectivity index (χ0n) is 17.2. The van der Waals surface area contributed by atoms with Crippen LogP contribution >= 0.6 is 0 Å². The third kappa shape index (κ3) is 4.75. The fourth-order valence-electron chi connectivity index (χ4n) is 4.09. The largest absolute Gasteiger partial charge is 0.405 e. The third-order valence-electron chi connectivity index (χ3n) is 5.82. The normalized spacial score (nSPS) is 21.5. The number of nitrogens with one attached hydrogen (secondary N) is 1. The number of hydrogen-bond acceptors (Lipinski definition) is 5. The summed E-state index contributed by atoms with van der Waals surface area (Å²) in [6.07, 6.45) is -0.334. The van der Waals surface area contributed by atoms with Gasteiger partial charge in [0.2, 0.25) is 0 Å². The first-order valence-corrected chi connectivity index (χ1v) is 10.4. The van der Waals surface area contributed by atoms with Gasteiger partial charge in [-0.15, -0.1) is 10.2 Å². The second kappa shape index (κ2) is 8.14. The van der Waals surface area contributed by atoms with Crippen LogP contribution in [0.5, 0.6) is 0 Å². The quantitative estimate of drug-likeness (QED) is 0.772. The van der Waals surface area contributed by atoms with Gasteiger partial charge in [0.05, 0.1) is 11.6 Å². The van der Waals surface area contributed by atoms with Crippen LogP contribution in [-0.4, -0.2) is 75.2 Å². The average Bonchev–Trinajstić information content (AvgIpc) is 3.40. The van der Waals surface area contributed by atoms with Crippen LogP contribution < -0.4 is 5.32 Å². The molecule has 1 unspecified atom stereocenters. The van der Waals surface area contributed by atoms with Crippen LogP contribution in [0.1, 0.15) is 48.9 Å². The van der Waals surface area contributed by atoms with Gasteiger partial charge in [-0.05, 0) is 44.7 Å². The summed E-state index contributed by atoms with van der Waals surface area (Å²) in [7, 11) is 0. The molecule has 0 bridgehead atoms. The maximum atomic E-state index is 12.4. The lowest BCUT2D eigenvalue weighted by molar-refractivity contribution is -0.123. The molecule has 164 valence electrons. The monoisotopic (exact) mass is 424 g/mol. The first-order chi connectivity index (χ1) is 14.2. The molecular weight excluding hydrogens is 397 g/mol. The van der Waals surface area contributed by atoms with E-state index in [0.717, 1.165) is 32.1 Å². The minimum Gasteiger partial charge on any atom is -0.343 e. The van der Waals surface area contributed by atoms with E-state index in [2.05, 4.69) is 33.8 Å². The van der Waals surface area contributed by atoms with E-state index in [0.29, 0.717) is 17.5 Å². The van der Waals surface area contributed by atoms with Crippen molar-refractivity contribution in [2.45, 2.75) is 44.9 Å². The van der Waals surface area contributed by atoms with Crippen LogP contribution in [0.15, 0.2) is 18.3 Å². The van der Waals surface area contributed by atoms with Crippen molar-refractivity contribution in [1.82, 2.24) is 29.7 Å². The molecule has 1 aliphatic carbocycles. The van der Waals surface area contributed by atoms with E-state index in [1.807, 2.05) is 5.32 Å². The average molecular weight is 424 g/mol. The number of fused-ring (bicyclic) bond motifs is 1. The van der Waals surface area contributed by atoms with Crippen molar-refractivity contribution >= 4 is 11.6 Å². The van der Waals surface area contributed by atoms with E-state index in [-0.39, 0.29) is 11.6 Å². The standard InChI is InChI=1S/C20H27F3N6O/c1-13(2)28-8-7-27(9-14-3-4-14)11-16(28)18-26-25-17-6-5-15(10-29(17)18)19(30)24-12-20(21,22)23/h5-6,10,13-14,16H,3-4,7-9,11-12H2,1-2H3,(H,24,30). The van der Waals surface area contributed by atoms with Crippen molar-refractivity contribution < 1.29 is 18.0 Å². The lowest BCUT2D eigenvalue weighted by Crippen LogP contribution is -2.51. The van der Waals surface area contributed by atoms with Crippen molar-refractivity contribution in [3.05, 3.63) is 29.7 Å². The van der Waals surface area contributed by atoms with Crippen molar-refractivity contribution in [1.29, 1.82) is 0 Å². The highest BCUT2D eigenvalue weighted by Gasteiger charge is 2.35. The predicted octanol–water partition coefficient (Wildman–Crippen LogP) is 2.50. The molecule has 1 N–H and O–H groups in total. The first kappa shape index (κ1) is 21.0. The maximum Gasteiger partial charge on any atom is 0.405 e. The highest BCUT2D eigenvalue weighted by molar-refractivity contribution is 5.94.